The number of rotatable bonds is 7. The van der Waals surface area contributed by atoms with E-state index in [2.05, 4.69) is 50.2 Å². The lowest BCUT2D eigenvalue weighted by molar-refractivity contribution is -0.115. The Morgan fingerprint density at radius 3 is 2.68 bits per heavy atom. The normalized spacial score (nSPS) is 17.5. The SMILES string of the molecule is CNc1nccn2c(-c3ccc(NC(=O)CNC4CC4c4ccccc4)cc3)cnc12. The Morgan fingerprint density at radius 2 is 1.90 bits per heavy atom. The number of hydrogen-bond acceptors (Lipinski definition) is 5. The van der Waals surface area contributed by atoms with Crippen LogP contribution in [0.2, 0.25) is 0 Å². The predicted molar refractivity (Wildman–Crippen MR) is 122 cm³/mol. The molecule has 3 N–H and O–H groups in total. The van der Waals surface area contributed by atoms with Crippen molar-refractivity contribution in [3.8, 4) is 11.3 Å². The molecule has 5 rings (SSSR count). The molecule has 0 spiro atoms. The van der Waals surface area contributed by atoms with E-state index in [-0.39, 0.29) is 5.91 Å². The van der Waals surface area contributed by atoms with Crippen LogP contribution < -0.4 is 16.0 Å². The first-order chi connectivity index (χ1) is 15.2. The smallest absolute Gasteiger partial charge is 0.238 e. The summed E-state index contributed by atoms with van der Waals surface area (Å²) in [5.41, 5.74) is 4.87. The second-order valence-corrected chi connectivity index (χ2v) is 7.73. The molecule has 0 saturated heterocycles. The molecule has 31 heavy (non-hydrogen) atoms. The summed E-state index contributed by atoms with van der Waals surface area (Å²) in [6.07, 6.45) is 6.54. The van der Waals surface area contributed by atoms with Crippen molar-refractivity contribution in [1.29, 1.82) is 0 Å². The van der Waals surface area contributed by atoms with Crippen LogP contribution in [0.3, 0.4) is 0 Å². The van der Waals surface area contributed by atoms with E-state index >= 15 is 0 Å². The van der Waals surface area contributed by atoms with Crippen LogP contribution in [0.4, 0.5) is 11.5 Å². The standard InChI is InChI=1S/C24H24N6O/c1-25-23-24-28-14-21(30(24)12-11-26-23)17-7-9-18(10-8-17)29-22(31)15-27-20-13-19(20)16-5-3-2-4-6-16/h2-12,14,19-20,27H,13,15H2,1H3,(H,25,26)(H,29,31). The van der Waals surface area contributed by atoms with Crippen LogP contribution in [-0.2, 0) is 4.79 Å². The quantitative estimate of drug-likeness (QED) is 0.433. The van der Waals surface area contributed by atoms with Crippen molar-refractivity contribution in [3.63, 3.8) is 0 Å². The van der Waals surface area contributed by atoms with Gasteiger partial charge >= 0.3 is 0 Å². The van der Waals surface area contributed by atoms with Crippen LogP contribution in [0.1, 0.15) is 17.9 Å². The highest BCUT2D eigenvalue weighted by Crippen LogP contribution is 2.40. The van der Waals surface area contributed by atoms with Gasteiger partial charge in [0.05, 0.1) is 18.4 Å². The van der Waals surface area contributed by atoms with E-state index in [1.165, 1.54) is 5.56 Å². The van der Waals surface area contributed by atoms with Crippen molar-refractivity contribution >= 4 is 23.1 Å². The molecule has 1 aliphatic rings. The van der Waals surface area contributed by atoms with Gasteiger partial charge in [-0.3, -0.25) is 9.20 Å². The number of carbonyl (C=O) groups excluding carboxylic acids is 1. The fourth-order valence-corrected chi connectivity index (χ4v) is 3.95. The van der Waals surface area contributed by atoms with Gasteiger partial charge in [-0.25, -0.2) is 9.97 Å². The summed E-state index contributed by atoms with van der Waals surface area (Å²) in [6.45, 7) is 0.308. The van der Waals surface area contributed by atoms with Gasteiger partial charge in [0, 0.05) is 42.7 Å². The van der Waals surface area contributed by atoms with E-state index in [1.54, 1.807) is 6.20 Å². The number of hydrogen-bond donors (Lipinski definition) is 3. The van der Waals surface area contributed by atoms with Gasteiger partial charge in [0.15, 0.2) is 11.5 Å². The molecule has 156 valence electrons. The topological polar surface area (TPSA) is 83.3 Å². The third-order valence-electron chi connectivity index (χ3n) is 5.67. The van der Waals surface area contributed by atoms with Gasteiger partial charge < -0.3 is 16.0 Å². The van der Waals surface area contributed by atoms with Crippen molar-refractivity contribution in [3.05, 3.63) is 78.8 Å². The van der Waals surface area contributed by atoms with Crippen molar-refractivity contribution in [2.45, 2.75) is 18.4 Å². The molecule has 1 fully saturated rings. The lowest BCUT2D eigenvalue weighted by Crippen LogP contribution is -2.30. The molecule has 1 aliphatic carbocycles. The number of amides is 1. The molecule has 0 radical (unpaired) electrons. The highest BCUT2D eigenvalue weighted by atomic mass is 16.1. The summed E-state index contributed by atoms with van der Waals surface area (Å²) in [7, 11) is 1.83. The Hall–Kier alpha value is -3.71. The molecule has 7 heteroatoms. The third-order valence-corrected chi connectivity index (χ3v) is 5.67. The van der Waals surface area contributed by atoms with Gasteiger partial charge in [-0.05, 0) is 24.1 Å². The maximum Gasteiger partial charge on any atom is 0.238 e. The summed E-state index contributed by atoms with van der Waals surface area (Å²) >= 11 is 0. The first-order valence-electron chi connectivity index (χ1n) is 10.4. The molecule has 0 bridgehead atoms. The van der Waals surface area contributed by atoms with Crippen molar-refractivity contribution < 1.29 is 4.79 Å². The average Bonchev–Trinajstić information content (AvgIpc) is 3.47. The van der Waals surface area contributed by atoms with Crippen LogP contribution >= 0.6 is 0 Å². The second kappa shape index (κ2) is 8.20. The van der Waals surface area contributed by atoms with E-state index < -0.39 is 0 Å². The second-order valence-electron chi connectivity index (χ2n) is 7.73. The number of anilines is 2. The first-order valence-corrected chi connectivity index (χ1v) is 10.4. The van der Waals surface area contributed by atoms with E-state index in [9.17, 15) is 4.79 Å². The van der Waals surface area contributed by atoms with Crippen LogP contribution in [0.5, 0.6) is 0 Å². The Morgan fingerprint density at radius 1 is 1.10 bits per heavy atom. The summed E-state index contributed by atoms with van der Waals surface area (Å²) in [5, 5.41) is 9.37. The van der Waals surface area contributed by atoms with Gasteiger partial charge in [0.25, 0.3) is 0 Å². The molecular weight excluding hydrogens is 388 g/mol. The molecule has 2 aromatic heterocycles. The summed E-state index contributed by atoms with van der Waals surface area (Å²) in [4.78, 5) is 21.1. The molecule has 1 saturated carbocycles. The molecule has 2 unspecified atom stereocenters. The van der Waals surface area contributed by atoms with E-state index in [1.807, 2.05) is 54.2 Å². The van der Waals surface area contributed by atoms with E-state index in [4.69, 9.17) is 0 Å². The fraction of sp³-hybridized carbons (Fsp3) is 0.208. The lowest BCUT2D eigenvalue weighted by atomic mass is 10.1. The van der Waals surface area contributed by atoms with Crippen LogP contribution in [0, 0.1) is 0 Å². The Labute approximate surface area is 180 Å². The minimum Gasteiger partial charge on any atom is -0.370 e. The highest BCUT2D eigenvalue weighted by Gasteiger charge is 2.37. The number of carbonyl (C=O) groups is 1. The zero-order valence-corrected chi connectivity index (χ0v) is 17.2. The Bertz CT molecular complexity index is 1200. The number of fused-ring (bicyclic) bond motifs is 1. The average molecular weight is 412 g/mol. The summed E-state index contributed by atoms with van der Waals surface area (Å²) in [5.74, 6) is 1.21. The molecule has 7 nitrogen and oxygen atoms in total. The van der Waals surface area contributed by atoms with Crippen LogP contribution in [0.25, 0.3) is 16.9 Å². The van der Waals surface area contributed by atoms with Crippen molar-refractivity contribution in [1.82, 2.24) is 19.7 Å². The zero-order chi connectivity index (χ0) is 21.2. The van der Waals surface area contributed by atoms with Gasteiger partial charge in [0.2, 0.25) is 5.91 Å². The minimum atomic E-state index is -0.0361. The van der Waals surface area contributed by atoms with Gasteiger partial charge in [-0.1, -0.05) is 42.5 Å². The molecule has 0 aliphatic heterocycles. The maximum atomic E-state index is 12.3. The highest BCUT2D eigenvalue weighted by molar-refractivity contribution is 5.92. The number of benzene rings is 2. The fourth-order valence-electron chi connectivity index (χ4n) is 3.95. The molecule has 1 amide bonds. The monoisotopic (exact) mass is 412 g/mol. The molecule has 2 aromatic carbocycles. The number of nitrogens with zero attached hydrogens (tertiary/aromatic N) is 3. The van der Waals surface area contributed by atoms with E-state index in [0.29, 0.717) is 18.5 Å². The van der Waals surface area contributed by atoms with Crippen LogP contribution in [-0.4, -0.2) is 39.9 Å². The minimum absolute atomic E-state index is 0.0361. The van der Waals surface area contributed by atoms with Gasteiger partial charge in [-0.2, -0.15) is 0 Å². The van der Waals surface area contributed by atoms with Crippen molar-refractivity contribution in [2.24, 2.45) is 0 Å². The summed E-state index contributed by atoms with van der Waals surface area (Å²) in [6, 6.07) is 18.6. The Balaban J connectivity index is 1.19. The van der Waals surface area contributed by atoms with Gasteiger partial charge in [-0.15, -0.1) is 0 Å². The predicted octanol–water partition coefficient (Wildman–Crippen LogP) is 3.52. The van der Waals surface area contributed by atoms with Crippen LogP contribution in [0.15, 0.2) is 73.2 Å². The first kappa shape index (κ1) is 19.3. The summed E-state index contributed by atoms with van der Waals surface area (Å²) < 4.78 is 2.00. The number of nitrogens with one attached hydrogen (secondary N) is 3. The molecular formula is C24H24N6O. The number of aromatic nitrogens is 3. The third kappa shape index (κ3) is 4.00. The number of imidazole rings is 1. The largest absolute Gasteiger partial charge is 0.370 e. The molecule has 2 atom stereocenters. The van der Waals surface area contributed by atoms with E-state index in [0.717, 1.165) is 34.8 Å². The van der Waals surface area contributed by atoms with Gasteiger partial charge in [0.1, 0.15) is 0 Å². The zero-order valence-electron chi connectivity index (χ0n) is 17.2. The van der Waals surface area contributed by atoms with Crippen molar-refractivity contribution in [2.75, 3.05) is 24.2 Å². The Kier molecular flexibility index (Phi) is 5.09. The lowest BCUT2D eigenvalue weighted by Gasteiger charge is -2.08. The molecule has 2 heterocycles. The maximum absolute atomic E-state index is 12.3. The molecule has 4 aromatic rings.